The predicted octanol–water partition coefficient (Wildman–Crippen LogP) is 10.5. The molecule has 6 aromatic carbocycles. The average molecular weight is 651 g/mol. The highest BCUT2D eigenvalue weighted by Gasteiger charge is 2.32. The molecule has 0 unspecified atom stereocenters. The first-order valence-electron chi connectivity index (χ1n) is 16.3. The summed E-state index contributed by atoms with van der Waals surface area (Å²) in [4.78, 5) is 0. The molecule has 0 aromatic heterocycles. The monoisotopic (exact) mass is 650 g/mol. The number of hydrogen-bond acceptors (Lipinski definition) is 2. The van der Waals surface area contributed by atoms with Crippen molar-refractivity contribution in [2.24, 2.45) is 4.74 Å². The van der Waals surface area contributed by atoms with Crippen LogP contribution in [0, 0.1) is 41.5 Å². The van der Waals surface area contributed by atoms with Crippen LogP contribution in [0.1, 0.15) is 33.4 Å². The van der Waals surface area contributed by atoms with Gasteiger partial charge in [0.05, 0.1) is 12.7 Å². The Morgan fingerprint density at radius 2 is 0.787 bits per heavy atom. The number of nitrogens with one attached hydrogen (secondary N) is 1. The fraction of sp³-hybridized carbons (Fsp3) is 0.140. The van der Waals surface area contributed by atoms with Gasteiger partial charge in [-0.05, 0) is 79.9 Å². The first kappa shape index (κ1) is 32.6. The molecule has 0 amide bonds. The predicted molar refractivity (Wildman–Crippen MR) is 211 cm³/mol. The lowest BCUT2D eigenvalue weighted by atomic mass is 10.1. The normalized spacial score (nSPS) is 11.6. The molecule has 1 N–H and O–H groups in total. The van der Waals surface area contributed by atoms with Crippen molar-refractivity contribution in [1.29, 1.82) is 0 Å². The number of aryl methyl sites for hydroxylation is 6. The van der Waals surface area contributed by atoms with E-state index in [1.165, 1.54) is 60.3 Å². The molecule has 0 saturated heterocycles. The van der Waals surface area contributed by atoms with Gasteiger partial charge in [0.1, 0.15) is 0 Å². The van der Waals surface area contributed by atoms with Gasteiger partial charge in [-0.2, -0.15) is 0 Å². The molecule has 0 fully saturated rings. The zero-order valence-corrected chi connectivity index (χ0v) is 30.1. The molecule has 0 bridgehead atoms. The standard InChI is InChI=1S/C43H44N2P2/c1-32-27-34(3)42(35(4)28-32)44-46(38-19-11-7-12-20-38,39-21-13-8-14-22-39)31-47(40-23-15-9-16-24-40,41-25-17-10-18-26-41)45-43-36(5)29-33(2)30-37(43)6/h7-31,44H,1-6H3. The Kier molecular flexibility index (Phi) is 9.56. The van der Waals surface area contributed by atoms with Crippen LogP contribution in [-0.4, -0.2) is 5.54 Å². The summed E-state index contributed by atoms with van der Waals surface area (Å²) in [6.45, 7) is 13.2. The molecule has 0 heterocycles. The molecule has 0 radical (unpaired) electrons. The van der Waals surface area contributed by atoms with Crippen LogP contribution < -0.4 is 26.3 Å². The van der Waals surface area contributed by atoms with Crippen LogP contribution in [0.3, 0.4) is 0 Å². The van der Waals surface area contributed by atoms with E-state index in [0.29, 0.717) is 0 Å². The van der Waals surface area contributed by atoms with Gasteiger partial charge < -0.3 is 5.09 Å². The van der Waals surface area contributed by atoms with Crippen LogP contribution in [0.4, 0.5) is 11.4 Å². The maximum Gasteiger partial charge on any atom is 0.0683 e. The van der Waals surface area contributed by atoms with Gasteiger partial charge in [-0.15, -0.1) is 0 Å². The van der Waals surface area contributed by atoms with Gasteiger partial charge >= 0.3 is 0 Å². The number of nitrogens with zero attached hydrogens (tertiary/aromatic N) is 1. The minimum absolute atomic E-state index is 1.08. The maximum atomic E-state index is 6.05. The summed E-state index contributed by atoms with van der Waals surface area (Å²) < 4.78 is 6.05. The molecule has 236 valence electrons. The summed E-state index contributed by atoms with van der Waals surface area (Å²) in [5.41, 5.74) is 12.4. The van der Waals surface area contributed by atoms with Crippen molar-refractivity contribution in [2.75, 3.05) is 5.09 Å². The van der Waals surface area contributed by atoms with E-state index in [-0.39, 0.29) is 0 Å². The molecule has 2 nitrogen and oxygen atoms in total. The van der Waals surface area contributed by atoms with Crippen LogP contribution >= 0.6 is 14.1 Å². The Morgan fingerprint density at radius 3 is 1.17 bits per heavy atom. The average Bonchev–Trinajstić information content (AvgIpc) is 3.08. The van der Waals surface area contributed by atoms with Crippen LogP contribution in [-0.2, 0) is 0 Å². The summed E-state index contributed by atoms with van der Waals surface area (Å²) in [6, 6.07) is 53.3. The van der Waals surface area contributed by atoms with Crippen molar-refractivity contribution in [3.63, 3.8) is 0 Å². The van der Waals surface area contributed by atoms with E-state index in [1.807, 2.05) is 0 Å². The lowest BCUT2D eigenvalue weighted by Crippen LogP contribution is -2.27. The van der Waals surface area contributed by atoms with Gasteiger partial charge in [0, 0.05) is 23.3 Å². The van der Waals surface area contributed by atoms with Gasteiger partial charge in [-0.3, -0.25) is 4.74 Å². The quantitative estimate of drug-likeness (QED) is 0.163. The van der Waals surface area contributed by atoms with Crippen molar-refractivity contribution in [3.8, 4) is 0 Å². The Balaban J connectivity index is 1.88. The van der Waals surface area contributed by atoms with Crippen LogP contribution in [0.15, 0.2) is 150 Å². The Labute approximate surface area is 281 Å². The SMILES string of the molecule is Cc1cc(C)c(N=P(C=P(Nc2c(C)cc(C)cc2C)(c2ccccc2)c2ccccc2)(c2ccccc2)c2ccccc2)c(C)c1. The molecule has 6 rings (SSSR count). The molecular weight excluding hydrogens is 606 g/mol. The van der Waals surface area contributed by atoms with E-state index in [1.54, 1.807) is 0 Å². The largest absolute Gasteiger partial charge is 0.358 e. The Morgan fingerprint density at radius 1 is 0.447 bits per heavy atom. The van der Waals surface area contributed by atoms with Crippen LogP contribution in [0.25, 0.3) is 0 Å². The smallest absolute Gasteiger partial charge is 0.0683 e. The van der Waals surface area contributed by atoms with E-state index >= 15 is 0 Å². The van der Waals surface area contributed by atoms with E-state index in [2.05, 4.69) is 198 Å². The minimum atomic E-state index is -2.63. The van der Waals surface area contributed by atoms with Crippen LogP contribution in [0.2, 0.25) is 0 Å². The maximum absolute atomic E-state index is 6.05. The summed E-state index contributed by atoms with van der Waals surface area (Å²) in [5, 5.41) is 9.35. The number of benzene rings is 6. The van der Waals surface area contributed by atoms with E-state index in [0.717, 1.165) is 5.69 Å². The Hall–Kier alpha value is -4.35. The van der Waals surface area contributed by atoms with Crippen molar-refractivity contribution in [2.45, 2.75) is 41.5 Å². The third-order valence-electron chi connectivity index (χ3n) is 8.83. The third kappa shape index (κ3) is 6.59. The summed E-state index contributed by atoms with van der Waals surface area (Å²) >= 11 is 0. The Bertz CT molecular complexity index is 1980. The fourth-order valence-corrected chi connectivity index (χ4v) is 16.3. The second-order valence-corrected chi connectivity index (χ2v) is 18.8. The topological polar surface area (TPSA) is 24.4 Å². The number of anilines is 1. The van der Waals surface area contributed by atoms with Crippen LogP contribution in [0.5, 0.6) is 0 Å². The highest BCUT2D eigenvalue weighted by molar-refractivity contribution is 8.08. The van der Waals surface area contributed by atoms with E-state index in [4.69, 9.17) is 4.74 Å². The zero-order chi connectivity index (χ0) is 33.0. The van der Waals surface area contributed by atoms with Gasteiger partial charge in [-0.1, -0.05) is 157 Å². The minimum Gasteiger partial charge on any atom is -0.358 e. The second-order valence-electron chi connectivity index (χ2n) is 12.6. The molecule has 0 aliphatic carbocycles. The van der Waals surface area contributed by atoms with Crippen molar-refractivity contribution < 1.29 is 0 Å². The molecule has 0 aliphatic rings. The number of rotatable bonds is 8. The molecule has 6 aromatic rings. The lowest BCUT2D eigenvalue weighted by molar-refractivity contribution is 1.29. The van der Waals surface area contributed by atoms with Crippen molar-refractivity contribution >= 4 is 52.2 Å². The first-order chi connectivity index (χ1) is 22.7. The van der Waals surface area contributed by atoms with Gasteiger partial charge in [0.2, 0.25) is 0 Å². The molecule has 0 spiro atoms. The molecule has 4 heteroatoms. The van der Waals surface area contributed by atoms with Gasteiger partial charge in [0.25, 0.3) is 0 Å². The molecular formula is C43H44N2P2. The summed E-state index contributed by atoms with van der Waals surface area (Å²) in [6.07, 6.45) is 0. The molecule has 0 saturated carbocycles. The zero-order valence-electron chi connectivity index (χ0n) is 28.3. The highest BCUT2D eigenvalue weighted by Crippen LogP contribution is 2.58. The number of hydrogen-bond donors (Lipinski definition) is 1. The fourth-order valence-electron chi connectivity index (χ4n) is 6.77. The van der Waals surface area contributed by atoms with E-state index in [9.17, 15) is 0 Å². The third-order valence-corrected chi connectivity index (χ3v) is 17.0. The summed E-state index contributed by atoms with van der Waals surface area (Å²) in [5.74, 6) is 0. The molecule has 0 atom stereocenters. The second kappa shape index (κ2) is 13.8. The first-order valence-corrected chi connectivity index (χ1v) is 19.9. The molecule has 0 aliphatic heterocycles. The van der Waals surface area contributed by atoms with Gasteiger partial charge in [-0.25, -0.2) is 0 Å². The lowest BCUT2D eigenvalue weighted by Gasteiger charge is -2.35. The highest BCUT2D eigenvalue weighted by atomic mass is 31.2. The van der Waals surface area contributed by atoms with Crippen molar-refractivity contribution in [3.05, 3.63) is 179 Å². The van der Waals surface area contributed by atoms with E-state index < -0.39 is 14.1 Å². The van der Waals surface area contributed by atoms with Crippen molar-refractivity contribution in [1.82, 2.24) is 0 Å². The summed E-state index contributed by atoms with van der Waals surface area (Å²) in [7, 11) is -5.17. The van der Waals surface area contributed by atoms with Gasteiger partial charge in [0.15, 0.2) is 0 Å². The molecule has 47 heavy (non-hydrogen) atoms.